The van der Waals surface area contributed by atoms with Crippen LogP contribution in [0.25, 0.3) is 0 Å². The van der Waals surface area contributed by atoms with Crippen LogP contribution in [0.2, 0.25) is 0 Å². The third-order valence-electron chi connectivity index (χ3n) is 5.43. The van der Waals surface area contributed by atoms with Gasteiger partial charge in [-0.2, -0.15) is 4.57 Å². The molecule has 1 aromatic heterocycles. The third-order valence-corrected chi connectivity index (χ3v) is 5.43. The van der Waals surface area contributed by atoms with E-state index in [-0.39, 0.29) is 6.42 Å². The summed E-state index contributed by atoms with van der Waals surface area (Å²) in [5.74, 6) is -1.68. The van der Waals surface area contributed by atoms with E-state index in [9.17, 15) is 24.3 Å². The third kappa shape index (κ3) is 5.57. The topological polar surface area (TPSA) is 145 Å². The van der Waals surface area contributed by atoms with E-state index in [0.29, 0.717) is 17.4 Å². The average molecular weight is 485 g/mol. The molecule has 1 unspecified atom stereocenters. The Morgan fingerprint density at radius 1 is 1.21 bits per heavy atom. The quantitative estimate of drug-likeness (QED) is 0.579. The van der Waals surface area contributed by atoms with Crippen LogP contribution in [0.5, 0.6) is 0 Å². The van der Waals surface area contributed by atoms with Crippen molar-refractivity contribution >= 4 is 12.1 Å². The van der Waals surface area contributed by atoms with Gasteiger partial charge < -0.3 is 28.8 Å². The molecule has 1 N–H and O–H groups in total. The van der Waals surface area contributed by atoms with Crippen molar-refractivity contribution in [1.82, 2.24) is 9.13 Å². The lowest BCUT2D eigenvalue weighted by Crippen LogP contribution is -2.47. The van der Waals surface area contributed by atoms with Gasteiger partial charge in [-0.1, -0.05) is 0 Å². The fraction of sp³-hybridized carbons (Fsp3) is 0.727. The number of aromatic nitrogens is 2. The Hall–Kier alpha value is -2.54. The second-order valence-electron chi connectivity index (χ2n) is 9.76. The number of carbonyl (C=O) groups excluding carboxylic acids is 2. The summed E-state index contributed by atoms with van der Waals surface area (Å²) in [4.78, 5) is 49.4. The number of methoxy groups -OCH3 is 1. The summed E-state index contributed by atoms with van der Waals surface area (Å²) in [6.07, 6.45) is -2.91. The van der Waals surface area contributed by atoms with Gasteiger partial charge in [0.25, 0.3) is 5.56 Å². The van der Waals surface area contributed by atoms with Crippen molar-refractivity contribution in [1.29, 1.82) is 0 Å². The maximum Gasteiger partial charge on any atom is 0.425 e. The van der Waals surface area contributed by atoms with E-state index < -0.39 is 65.3 Å². The molecule has 2 aliphatic rings. The van der Waals surface area contributed by atoms with Gasteiger partial charge in [0.05, 0.1) is 13.2 Å². The summed E-state index contributed by atoms with van der Waals surface area (Å²) in [6.45, 7) is 8.32. The summed E-state index contributed by atoms with van der Waals surface area (Å²) >= 11 is 0. The zero-order valence-electron chi connectivity index (χ0n) is 20.2. The smallest absolute Gasteiger partial charge is 0.425 e. The van der Waals surface area contributed by atoms with Crippen LogP contribution in [0.3, 0.4) is 0 Å². The number of hydrogen-bond acceptors (Lipinski definition) is 10. The average Bonchev–Trinajstić information content (AvgIpc) is 3.19. The minimum atomic E-state index is -1.25. The van der Waals surface area contributed by atoms with Crippen molar-refractivity contribution in [3.8, 4) is 0 Å². The lowest BCUT2D eigenvalue weighted by atomic mass is 10.0. The largest absolute Gasteiger partial charge is 0.467 e. The number of ether oxygens (including phenoxy) is 5. The molecule has 0 bridgehead atoms. The second kappa shape index (κ2) is 9.61. The molecule has 0 aliphatic carbocycles. The predicted octanol–water partition coefficient (Wildman–Crippen LogP) is 0.915. The standard InChI is InChI=1S/C22H32N2O10/c1-21(2,3)34-20(29)24-14(26)10-11-23(19(24)28)17-16-15(32-22(4,5)33-16)13(31-17)9-7-8-12(25)18(27)30-6/h10-13,15-17,25H,7-9H2,1-6H3/t12?,13-,15-,16-,17-/m1/s1. The molecule has 3 heterocycles. The number of nitrogens with zero attached hydrogens (tertiary/aromatic N) is 2. The highest BCUT2D eigenvalue weighted by Gasteiger charge is 2.55. The molecule has 5 atom stereocenters. The molecule has 2 fully saturated rings. The normalized spacial score (nSPS) is 26.7. The molecule has 0 radical (unpaired) electrons. The minimum absolute atomic E-state index is 0.155. The Balaban J connectivity index is 1.86. The number of rotatable bonds is 6. The lowest BCUT2D eigenvalue weighted by molar-refractivity contribution is -0.198. The summed E-state index contributed by atoms with van der Waals surface area (Å²) in [5, 5.41) is 9.82. The fourth-order valence-electron chi connectivity index (χ4n) is 4.04. The highest BCUT2D eigenvalue weighted by Crippen LogP contribution is 2.43. The molecule has 2 saturated heterocycles. The van der Waals surface area contributed by atoms with E-state index in [1.165, 1.54) is 13.3 Å². The molecular formula is C22H32N2O10. The lowest BCUT2D eigenvalue weighted by Gasteiger charge is -2.25. The van der Waals surface area contributed by atoms with E-state index in [0.717, 1.165) is 10.6 Å². The Kier molecular flexibility index (Phi) is 7.37. The summed E-state index contributed by atoms with van der Waals surface area (Å²) in [5.41, 5.74) is -2.67. The van der Waals surface area contributed by atoms with Gasteiger partial charge in [-0.25, -0.2) is 14.4 Å². The molecule has 0 spiro atoms. The van der Waals surface area contributed by atoms with Gasteiger partial charge in [0.1, 0.15) is 17.8 Å². The van der Waals surface area contributed by atoms with Crippen molar-refractivity contribution in [3.63, 3.8) is 0 Å². The molecule has 2 aliphatic heterocycles. The van der Waals surface area contributed by atoms with Crippen LogP contribution in [-0.4, -0.2) is 69.2 Å². The second-order valence-corrected chi connectivity index (χ2v) is 9.76. The summed E-state index contributed by atoms with van der Waals surface area (Å²) in [6, 6.07) is 1.07. The molecule has 0 amide bonds. The molecule has 34 heavy (non-hydrogen) atoms. The number of esters is 1. The number of aliphatic hydroxyl groups excluding tert-OH is 1. The maximum atomic E-state index is 13.1. The van der Waals surface area contributed by atoms with Crippen LogP contribution in [0.4, 0.5) is 4.79 Å². The highest BCUT2D eigenvalue weighted by molar-refractivity contribution is 5.74. The van der Waals surface area contributed by atoms with E-state index in [1.54, 1.807) is 34.6 Å². The first kappa shape index (κ1) is 26.1. The predicted molar refractivity (Wildman–Crippen MR) is 116 cm³/mol. The molecular weight excluding hydrogens is 452 g/mol. The van der Waals surface area contributed by atoms with Gasteiger partial charge in [-0.05, 0) is 53.9 Å². The van der Waals surface area contributed by atoms with E-state index in [4.69, 9.17) is 18.9 Å². The first-order valence-corrected chi connectivity index (χ1v) is 11.1. The molecule has 0 aromatic carbocycles. The van der Waals surface area contributed by atoms with Crippen LogP contribution >= 0.6 is 0 Å². The number of carbonyl (C=O) groups is 2. The molecule has 12 nitrogen and oxygen atoms in total. The van der Waals surface area contributed by atoms with Crippen LogP contribution in [0.15, 0.2) is 21.9 Å². The summed E-state index contributed by atoms with van der Waals surface area (Å²) in [7, 11) is 1.20. The van der Waals surface area contributed by atoms with Crippen molar-refractivity contribution in [2.45, 2.75) is 95.9 Å². The Labute approximate surface area is 196 Å². The minimum Gasteiger partial charge on any atom is -0.467 e. The van der Waals surface area contributed by atoms with E-state index in [2.05, 4.69) is 4.74 Å². The van der Waals surface area contributed by atoms with Crippen LogP contribution in [0.1, 0.15) is 60.1 Å². The number of fused-ring (bicyclic) bond motifs is 1. The zero-order chi connectivity index (χ0) is 25.4. The van der Waals surface area contributed by atoms with Gasteiger partial charge in [-0.15, -0.1) is 0 Å². The van der Waals surface area contributed by atoms with Gasteiger partial charge in [-0.3, -0.25) is 9.36 Å². The Bertz CT molecular complexity index is 1040. The first-order valence-electron chi connectivity index (χ1n) is 11.1. The SMILES string of the molecule is COC(=O)C(O)CCC[C@H]1O[C@@H](n2ccc(=O)n(C(=O)OC(C)(C)C)c2=O)[C@@H]2OC(C)(C)O[C@@H]21. The zero-order valence-corrected chi connectivity index (χ0v) is 20.2. The number of aliphatic hydroxyl groups is 1. The molecule has 0 saturated carbocycles. The number of hydrogen-bond donors (Lipinski definition) is 1. The van der Waals surface area contributed by atoms with Gasteiger partial charge in [0.15, 0.2) is 18.1 Å². The Morgan fingerprint density at radius 3 is 2.47 bits per heavy atom. The van der Waals surface area contributed by atoms with Crippen molar-refractivity contribution in [2.24, 2.45) is 0 Å². The van der Waals surface area contributed by atoms with Crippen molar-refractivity contribution in [2.75, 3.05) is 7.11 Å². The Morgan fingerprint density at radius 2 is 1.85 bits per heavy atom. The van der Waals surface area contributed by atoms with Crippen molar-refractivity contribution in [3.05, 3.63) is 33.1 Å². The first-order chi connectivity index (χ1) is 15.7. The monoisotopic (exact) mass is 484 g/mol. The van der Waals surface area contributed by atoms with Gasteiger partial charge in [0, 0.05) is 12.3 Å². The van der Waals surface area contributed by atoms with Crippen LogP contribution in [0, 0.1) is 0 Å². The van der Waals surface area contributed by atoms with Gasteiger partial charge in [0.2, 0.25) is 0 Å². The molecule has 12 heteroatoms. The highest BCUT2D eigenvalue weighted by atomic mass is 16.8. The summed E-state index contributed by atoms with van der Waals surface area (Å²) < 4.78 is 29.3. The van der Waals surface area contributed by atoms with E-state index in [1.807, 2.05) is 0 Å². The fourth-order valence-corrected chi connectivity index (χ4v) is 4.04. The van der Waals surface area contributed by atoms with Crippen molar-refractivity contribution < 1.29 is 38.4 Å². The van der Waals surface area contributed by atoms with Gasteiger partial charge >= 0.3 is 17.8 Å². The maximum absolute atomic E-state index is 13.1. The molecule has 190 valence electrons. The van der Waals surface area contributed by atoms with Crippen LogP contribution < -0.4 is 11.2 Å². The molecule has 1 aromatic rings. The van der Waals surface area contributed by atoms with Crippen LogP contribution in [-0.2, 0) is 28.5 Å². The molecule has 3 rings (SSSR count). The van der Waals surface area contributed by atoms with E-state index >= 15 is 0 Å².